The van der Waals surface area contributed by atoms with Gasteiger partial charge >= 0.3 is 0 Å². The van der Waals surface area contributed by atoms with Gasteiger partial charge in [-0.3, -0.25) is 13.9 Å². The highest BCUT2D eigenvalue weighted by atomic mass is 32.2. The molecule has 0 aliphatic heterocycles. The highest BCUT2D eigenvalue weighted by Gasteiger charge is 2.35. The average Bonchev–Trinajstić information content (AvgIpc) is 3.06. The average molecular weight is 646 g/mol. The van der Waals surface area contributed by atoms with Crippen molar-refractivity contribution in [1.29, 1.82) is 0 Å². The van der Waals surface area contributed by atoms with Crippen LogP contribution < -0.4 is 14.4 Å². The molecule has 46 heavy (non-hydrogen) atoms. The fraction of sp³-hybridized carbons (Fsp3) is 0.278. The van der Waals surface area contributed by atoms with E-state index < -0.39 is 34.3 Å². The number of anilines is 1. The molecule has 0 fully saturated rings. The van der Waals surface area contributed by atoms with E-state index in [1.165, 1.54) is 48.4 Å². The normalized spacial score (nSPS) is 12.5. The summed E-state index contributed by atoms with van der Waals surface area (Å²) >= 11 is 0. The van der Waals surface area contributed by atoms with E-state index in [1.54, 1.807) is 0 Å². The summed E-state index contributed by atoms with van der Waals surface area (Å²) in [4.78, 5) is 29.8. The zero-order chi connectivity index (χ0) is 33.3. The van der Waals surface area contributed by atoms with Crippen LogP contribution in [0.2, 0.25) is 0 Å². The maximum Gasteiger partial charge on any atom is 0.264 e. The number of sulfonamides is 1. The van der Waals surface area contributed by atoms with Gasteiger partial charge in [0.1, 0.15) is 24.2 Å². The Hall–Kier alpha value is -4.70. The lowest BCUT2D eigenvalue weighted by atomic mass is 10.0. The van der Waals surface area contributed by atoms with Gasteiger partial charge in [0.25, 0.3) is 10.0 Å². The first kappa shape index (κ1) is 34.2. The summed E-state index contributed by atoms with van der Waals surface area (Å²) in [6.07, 6.45) is 0.899. The van der Waals surface area contributed by atoms with Gasteiger partial charge in [-0.05, 0) is 85.5 Å². The fourth-order valence-corrected chi connectivity index (χ4v) is 6.39. The minimum absolute atomic E-state index is 0.0662. The predicted molar refractivity (Wildman–Crippen MR) is 177 cm³/mol. The molecule has 4 aromatic rings. The van der Waals surface area contributed by atoms with Crippen LogP contribution in [-0.4, -0.2) is 50.9 Å². The topological polar surface area (TPSA) is 96.0 Å². The molecule has 0 saturated heterocycles. The Bertz CT molecular complexity index is 1720. The fourth-order valence-electron chi connectivity index (χ4n) is 4.98. The van der Waals surface area contributed by atoms with Crippen LogP contribution in [0.25, 0.3) is 0 Å². The van der Waals surface area contributed by atoms with Crippen molar-refractivity contribution in [3.63, 3.8) is 0 Å². The van der Waals surface area contributed by atoms with Crippen molar-refractivity contribution in [2.45, 2.75) is 57.1 Å². The van der Waals surface area contributed by atoms with Crippen LogP contribution in [0.4, 0.5) is 10.1 Å². The molecule has 0 unspecified atom stereocenters. The minimum atomic E-state index is -4.32. The molecule has 0 radical (unpaired) electrons. The van der Waals surface area contributed by atoms with E-state index in [2.05, 4.69) is 5.32 Å². The number of amides is 2. The Morgan fingerprint density at radius 3 is 2.13 bits per heavy atom. The molecule has 2 amide bonds. The van der Waals surface area contributed by atoms with Crippen molar-refractivity contribution in [1.82, 2.24) is 10.2 Å². The van der Waals surface area contributed by atoms with Crippen LogP contribution in [0.15, 0.2) is 108 Å². The summed E-state index contributed by atoms with van der Waals surface area (Å²) in [5.41, 5.74) is 2.68. The molecule has 0 aliphatic carbocycles. The molecule has 0 saturated carbocycles. The highest BCUT2D eigenvalue weighted by molar-refractivity contribution is 7.92. The van der Waals surface area contributed by atoms with Gasteiger partial charge < -0.3 is 15.0 Å². The number of benzene rings is 4. The van der Waals surface area contributed by atoms with Crippen LogP contribution in [0.5, 0.6) is 5.75 Å². The summed E-state index contributed by atoms with van der Waals surface area (Å²) in [7, 11) is -2.85. The zero-order valence-corrected chi connectivity index (χ0v) is 27.3. The second-order valence-electron chi connectivity index (χ2n) is 11.1. The van der Waals surface area contributed by atoms with E-state index in [0.717, 1.165) is 33.1 Å². The van der Waals surface area contributed by atoms with Crippen molar-refractivity contribution in [2.24, 2.45) is 0 Å². The van der Waals surface area contributed by atoms with Crippen molar-refractivity contribution >= 4 is 27.5 Å². The molecule has 4 aromatic carbocycles. The molecule has 10 heteroatoms. The van der Waals surface area contributed by atoms with E-state index in [4.69, 9.17) is 4.74 Å². The van der Waals surface area contributed by atoms with Crippen LogP contribution in [0.1, 0.15) is 37.0 Å². The van der Waals surface area contributed by atoms with Crippen LogP contribution >= 0.6 is 0 Å². The molecule has 1 N–H and O–H groups in total. The van der Waals surface area contributed by atoms with Gasteiger partial charge in [0.05, 0.1) is 17.7 Å². The monoisotopic (exact) mass is 645 g/mol. The number of hydrogen-bond acceptors (Lipinski definition) is 5. The Kier molecular flexibility index (Phi) is 11.5. The quantitative estimate of drug-likeness (QED) is 0.185. The lowest BCUT2D eigenvalue weighted by Gasteiger charge is -2.34. The molecule has 0 aliphatic rings. The number of halogens is 1. The lowest BCUT2D eigenvalue weighted by Crippen LogP contribution is -2.54. The molecule has 242 valence electrons. The molecule has 0 spiro atoms. The number of hydrogen-bond donors (Lipinski definition) is 1. The second-order valence-corrected chi connectivity index (χ2v) is 13.0. The third-order valence-electron chi connectivity index (χ3n) is 7.91. The maximum atomic E-state index is 14.5. The molecular formula is C36H40FN3O5S. The first-order valence-corrected chi connectivity index (χ1v) is 16.6. The van der Waals surface area contributed by atoms with Gasteiger partial charge in [0.15, 0.2) is 0 Å². The Balaban J connectivity index is 1.81. The summed E-state index contributed by atoms with van der Waals surface area (Å²) in [5.74, 6) is -1.03. The molecular weight excluding hydrogens is 605 g/mol. The molecule has 0 heterocycles. The van der Waals surface area contributed by atoms with Crippen molar-refractivity contribution < 1.29 is 27.1 Å². The van der Waals surface area contributed by atoms with E-state index in [9.17, 15) is 22.4 Å². The van der Waals surface area contributed by atoms with Crippen LogP contribution in [-0.2, 0) is 32.6 Å². The third kappa shape index (κ3) is 8.51. The second kappa shape index (κ2) is 15.5. The van der Waals surface area contributed by atoms with Gasteiger partial charge in [-0.25, -0.2) is 12.8 Å². The van der Waals surface area contributed by atoms with Crippen LogP contribution in [0, 0.1) is 12.7 Å². The first-order valence-electron chi connectivity index (χ1n) is 15.1. The number of nitrogens with one attached hydrogen (secondary N) is 1. The first-order chi connectivity index (χ1) is 22.0. The smallest absolute Gasteiger partial charge is 0.264 e. The number of methoxy groups -OCH3 is 1. The van der Waals surface area contributed by atoms with Gasteiger partial charge in [-0.15, -0.1) is 0 Å². The van der Waals surface area contributed by atoms with E-state index in [0.29, 0.717) is 12.2 Å². The number of carbonyl (C=O) groups excluding carboxylic acids is 2. The maximum absolute atomic E-state index is 14.5. The minimum Gasteiger partial charge on any atom is -0.497 e. The van der Waals surface area contributed by atoms with Crippen molar-refractivity contribution in [3.05, 3.63) is 126 Å². The summed E-state index contributed by atoms with van der Waals surface area (Å²) in [6.45, 7) is 5.20. The molecule has 0 bridgehead atoms. The van der Waals surface area contributed by atoms with Crippen molar-refractivity contribution in [3.8, 4) is 5.75 Å². The Labute approximate surface area is 270 Å². The largest absolute Gasteiger partial charge is 0.497 e. The standard InChI is InChI=1S/C36H40FN3O5S/c1-5-27(3)38-36(42)34(23-28-12-7-6-8-13-28)39(24-29-14-10-9-11-26(29)2)35(41)25-40(31-17-15-30(37)16-18-31)46(43,44)33-21-19-32(45-4)20-22-33/h6-22,27,34H,5,23-25H2,1-4H3,(H,38,42)/t27-,34-/m1/s1. The number of carbonyl (C=O) groups is 2. The van der Waals surface area contributed by atoms with E-state index in [1.807, 2.05) is 75.4 Å². The summed E-state index contributed by atoms with van der Waals surface area (Å²) in [6, 6.07) is 26.5. The summed E-state index contributed by atoms with van der Waals surface area (Å²) in [5, 5.41) is 3.03. The number of ether oxygens (including phenoxy) is 1. The zero-order valence-electron chi connectivity index (χ0n) is 26.5. The number of nitrogens with zero attached hydrogens (tertiary/aromatic N) is 2. The van der Waals surface area contributed by atoms with E-state index in [-0.39, 0.29) is 35.5 Å². The third-order valence-corrected chi connectivity index (χ3v) is 9.70. The van der Waals surface area contributed by atoms with Gasteiger partial charge in [-0.1, -0.05) is 61.5 Å². The Morgan fingerprint density at radius 2 is 1.52 bits per heavy atom. The van der Waals surface area contributed by atoms with Gasteiger partial charge in [-0.2, -0.15) is 0 Å². The highest BCUT2D eigenvalue weighted by Crippen LogP contribution is 2.27. The molecule has 0 aromatic heterocycles. The Morgan fingerprint density at radius 1 is 0.891 bits per heavy atom. The summed E-state index contributed by atoms with van der Waals surface area (Å²) < 4.78 is 48.3. The molecule has 2 atom stereocenters. The van der Waals surface area contributed by atoms with Crippen LogP contribution in [0.3, 0.4) is 0 Å². The van der Waals surface area contributed by atoms with Gasteiger partial charge in [0.2, 0.25) is 11.8 Å². The lowest BCUT2D eigenvalue weighted by molar-refractivity contribution is -0.140. The number of rotatable bonds is 14. The molecule has 4 rings (SSSR count). The van der Waals surface area contributed by atoms with Crippen molar-refractivity contribution in [2.75, 3.05) is 18.0 Å². The van der Waals surface area contributed by atoms with E-state index >= 15 is 0 Å². The molecule has 8 nitrogen and oxygen atoms in total. The predicted octanol–water partition coefficient (Wildman–Crippen LogP) is 5.89. The van der Waals surface area contributed by atoms with Gasteiger partial charge in [0, 0.05) is 19.0 Å². The number of aryl methyl sites for hydroxylation is 1. The SMILES string of the molecule is CC[C@@H](C)NC(=O)[C@@H](Cc1ccccc1)N(Cc1ccccc1C)C(=O)CN(c1ccc(F)cc1)S(=O)(=O)c1ccc(OC)cc1.